The van der Waals surface area contributed by atoms with Gasteiger partial charge in [0, 0.05) is 31.5 Å². The minimum absolute atomic E-state index is 0.0236. The van der Waals surface area contributed by atoms with E-state index < -0.39 is 0 Å². The molecule has 2 N–H and O–H groups in total. The monoisotopic (exact) mass is 277 g/mol. The van der Waals surface area contributed by atoms with Gasteiger partial charge in [-0.25, -0.2) is 4.98 Å². The average molecular weight is 277 g/mol. The number of carbonyl (C=O) groups excluding carboxylic acids is 2. The molecule has 0 spiro atoms. The fraction of sp³-hybridized carbons (Fsp3) is 0.500. The number of rotatable bonds is 4. The van der Waals surface area contributed by atoms with Gasteiger partial charge in [-0.1, -0.05) is 0 Å². The summed E-state index contributed by atoms with van der Waals surface area (Å²) in [6.45, 7) is 5.11. The lowest BCUT2D eigenvalue weighted by molar-refractivity contribution is -0.129. The van der Waals surface area contributed by atoms with Crippen molar-refractivity contribution in [2.75, 3.05) is 13.1 Å². The van der Waals surface area contributed by atoms with Gasteiger partial charge in [-0.15, -0.1) is 0 Å². The highest BCUT2D eigenvalue weighted by atomic mass is 16.3. The van der Waals surface area contributed by atoms with Crippen LogP contribution in [0.3, 0.4) is 0 Å². The summed E-state index contributed by atoms with van der Waals surface area (Å²) >= 11 is 0. The van der Waals surface area contributed by atoms with Gasteiger partial charge < -0.3 is 15.3 Å². The van der Waals surface area contributed by atoms with E-state index in [1.807, 2.05) is 18.7 Å². The number of likely N-dealkylation sites (tertiary alicyclic amines) is 1. The lowest BCUT2D eigenvalue weighted by Gasteiger charge is -2.21. The standard InChI is InChI=1S/C14H19N3O3/c1-9(2)17-8-10(5-13(17)19)6-16-14(20)12-4-3-11(18)7-15-12/h3-4,7,9-10,18H,5-6,8H2,1-2H3,(H,16,20). The van der Waals surface area contributed by atoms with Gasteiger partial charge >= 0.3 is 0 Å². The Bertz CT molecular complexity index is 499. The largest absolute Gasteiger partial charge is 0.506 e. The first-order chi connectivity index (χ1) is 9.47. The molecule has 1 aromatic rings. The summed E-state index contributed by atoms with van der Waals surface area (Å²) in [5.41, 5.74) is 0.257. The summed E-state index contributed by atoms with van der Waals surface area (Å²) in [7, 11) is 0. The van der Waals surface area contributed by atoms with Gasteiger partial charge in [0.25, 0.3) is 5.91 Å². The lowest BCUT2D eigenvalue weighted by atomic mass is 10.1. The molecule has 1 aliphatic rings. The molecular weight excluding hydrogens is 258 g/mol. The number of hydrogen-bond donors (Lipinski definition) is 2. The number of hydrogen-bond acceptors (Lipinski definition) is 4. The number of pyridine rings is 1. The maximum atomic E-state index is 11.9. The molecule has 2 heterocycles. The van der Waals surface area contributed by atoms with Crippen molar-refractivity contribution in [3.8, 4) is 5.75 Å². The number of aromatic nitrogens is 1. The van der Waals surface area contributed by atoms with Crippen LogP contribution in [0.25, 0.3) is 0 Å². The highest BCUT2D eigenvalue weighted by Gasteiger charge is 2.31. The number of amides is 2. The van der Waals surface area contributed by atoms with Gasteiger partial charge in [-0.3, -0.25) is 9.59 Å². The lowest BCUT2D eigenvalue weighted by Crippen LogP contribution is -2.34. The highest BCUT2D eigenvalue weighted by Crippen LogP contribution is 2.19. The molecule has 1 unspecified atom stereocenters. The molecule has 0 aromatic carbocycles. The summed E-state index contributed by atoms with van der Waals surface area (Å²) in [5.74, 6) is 0.0175. The van der Waals surface area contributed by atoms with Crippen LogP contribution in [-0.2, 0) is 4.79 Å². The summed E-state index contributed by atoms with van der Waals surface area (Å²) < 4.78 is 0. The Balaban J connectivity index is 1.85. The van der Waals surface area contributed by atoms with Crippen molar-refractivity contribution in [2.45, 2.75) is 26.3 Å². The van der Waals surface area contributed by atoms with E-state index >= 15 is 0 Å². The smallest absolute Gasteiger partial charge is 0.269 e. The van der Waals surface area contributed by atoms with E-state index in [9.17, 15) is 9.59 Å². The van der Waals surface area contributed by atoms with E-state index in [2.05, 4.69) is 10.3 Å². The SMILES string of the molecule is CC(C)N1CC(CNC(=O)c2ccc(O)cn2)CC1=O. The second-order valence-corrected chi connectivity index (χ2v) is 5.32. The first kappa shape index (κ1) is 14.3. The van der Waals surface area contributed by atoms with E-state index in [4.69, 9.17) is 5.11 Å². The Morgan fingerprint density at radius 1 is 1.55 bits per heavy atom. The van der Waals surface area contributed by atoms with E-state index in [0.29, 0.717) is 19.5 Å². The van der Waals surface area contributed by atoms with Gasteiger partial charge in [0.05, 0.1) is 6.20 Å². The molecule has 1 atom stereocenters. The Morgan fingerprint density at radius 2 is 2.30 bits per heavy atom. The average Bonchev–Trinajstić information content (AvgIpc) is 2.78. The second-order valence-electron chi connectivity index (χ2n) is 5.32. The number of carbonyl (C=O) groups is 2. The summed E-state index contributed by atoms with van der Waals surface area (Å²) in [4.78, 5) is 29.3. The molecular formula is C14H19N3O3. The second kappa shape index (κ2) is 5.90. The third-order valence-corrected chi connectivity index (χ3v) is 3.39. The molecule has 0 radical (unpaired) electrons. The summed E-state index contributed by atoms with van der Waals surface area (Å²) in [6.07, 6.45) is 1.70. The molecule has 6 heteroatoms. The van der Waals surface area contributed by atoms with Crippen molar-refractivity contribution in [1.29, 1.82) is 0 Å². The predicted molar refractivity (Wildman–Crippen MR) is 73.2 cm³/mol. The molecule has 6 nitrogen and oxygen atoms in total. The normalized spacial score (nSPS) is 18.6. The number of nitrogens with one attached hydrogen (secondary N) is 1. The fourth-order valence-corrected chi connectivity index (χ4v) is 2.29. The molecule has 0 saturated carbocycles. The van der Waals surface area contributed by atoms with Crippen LogP contribution in [-0.4, -0.2) is 45.9 Å². The molecule has 0 aliphatic carbocycles. The maximum Gasteiger partial charge on any atom is 0.269 e. The zero-order valence-corrected chi connectivity index (χ0v) is 11.7. The molecule has 0 bridgehead atoms. The minimum atomic E-state index is -0.291. The molecule has 108 valence electrons. The maximum absolute atomic E-state index is 11.9. The number of aromatic hydroxyl groups is 1. The van der Waals surface area contributed by atoms with E-state index in [0.717, 1.165) is 0 Å². The summed E-state index contributed by atoms with van der Waals surface area (Å²) in [6, 6.07) is 3.08. The highest BCUT2D eigenvalue weighted by molar-refractivity contribution is 5.92. The van der Waals surface area contributed by atoms with Crippen LogP contribution in [0.15, 0.2) is 18.3 Å². The van der Waals surface area contributed by atoms with E-state index in [1.165, 1.54) is 18.3 Å². The van der Waals surface area contributed by atoms with Crippen molar-refractivity contribution in [1.82, 2.24) is 15.2 Å². The van der Waals surface area contributed by atoms with Gasteiger partial charge in [0.1, 0.15) is 11.4 Å². The van der Waals surface area contributed by atoms with Crippen molar-refractivity contribution < 1.29 is 14.7 Å². The molecule has 1 aliphatic heterocycles. The zero-order chi connectivity index (χ0) is 14.7. The topological polar surface area (TPSA) is 82.5 Å². The van der Waals surface area contributed by atoms with Crippen molar-refractivity contribution in [3.05, 3.63) is 24.0 Å². The van der Waals surface area contributed by atoms with Crippen LogP contribution in [0.2, 0.25) is 0 Å². The third-order valence-electron chi connectivity index (χ3n) is 3.39. The molecule has 2 rings (SSSR count). The molecule has 1 saturated heterocycles. The Labute approximate surface area is 117 Å². The summed E-state index contributed by atoms with van der Waals surface area (Å²) in [5, 5.41) is 11.9. The third kappa shape index (κ3) is 3.26. The molecule has 1 fully saturated rings. The van der Waals surface area contributed by atoms with Crippen molar-refractivity contribution in [3.63, 3.8) is 0 Å². The fourth-order valence-electron chi connectivity index (χ4n) is 2.29. The first-order valence-electron chi connectivity index (χ1n) is 6.70. The van der Waals surface area contributed by atoms with Gasteiger partial charge in [-0.2, -0.15) is 0 Å². The van der Waals surface area contributed by atoms with Gasteiger partial charge in [-0.05, 0) is 26.0 Å². The molecule has 1 aromatic heterocycles. The molecule has 20 heavy (non-hydrogen) atoms. The van der Waals surface area contributed by atoms with Crippen LogP contribution >= 0.6 is 0 Å². The minimum Gasteiger partial charge on any atom is -0.506 e. The van der Waals surface area contributed by atoms with Crippen LogP contribution < -0.4 is 5.32 Å². The Hall–Kier alpha value is -2.11. The first-order valence-corrected chi connectivity index (χ1v) is 6.70. The Morgan fingerprint density at radius 3 is 2.85 bits per heavy atom. The molecule has 2 amide bonds. The van der Waals surface area contributed by atoms with Crippen LogP contribution in [0, 0.1) is 5.92 Å². The quantitative estimate of drug-likeness (QED) is 0.851. The zero-order valence-electron chi connectivity index (χ0n) is 11.7. The Kier molecular flexibility index (Phi) is 4.22. The van der Waals surface area contributed by atoms with Crippen molar-refractivity contribution in [2.24, 2.45) is 5.92 Å². The van der Waals surface area contributed by atoms with Crippen LogP contribution in [0.1, 0.15) is 30.8 Å². The van der Waals surface area contributed by atoms with Gasteiger partial charge in [0.2, 0.25) is 5.91 Å². The van der Waals surface area contributed by atoms with E-state index in [1.54, 1.807) is 0 Å². The number of nitrogens with zero attached hydrogens (tertiary/aromatic N) is 2. The van der Waals surface area contributed by atoms with Crippen LogP contribution in [0.4, 0.5) is 0 Å². The van der Waals surface area contributed by atoms with Gasteiger partial charge in [0.15, 0.2) is 0 Å². The van der Waals surface area contributed by atoms with Crippen molar-refractivity contribution >= 4 is 11.8 Å². The van der Waals surface area contributed by atoms with Crippen LogP contribution in [0.5, 0.6) is 5.75 Å². The van der Waals surface area contributed by atoms with E-state index in [-0.39, 0.29) is 35.2 Å². The predicted octanol–water partition coefficient (Wildman–Crippen LogP) is 0.774.